The molecule has 0 aromatic carbocycles. The SMILES string of the molecule is Cc1cncc(C(=O)N2C[C@H]3[C@@H](CCOCc4cccc(C)n4)CO[C@H]3C2)c1. The molecule has 2 aliphatic rings. The molecule has 1 amide bonds. The third kappa shape index (κ3) is 4.23. The van der Waals surface area contributed by atoms with E-state index in [1.54, 1.807) is 12.4 Å². The number of carbonyl (C=O) groups excluding carboxylic acids is 1. The molecular formula is C22H27N3O3. The molecule has 0 radical (unpaired) electrons. The Kier molecular flexibility index (Phi) is 5.69. The highest BCUT2D eigenvalue weighted by atomic mass is 16.5. The third-order valence-electron chi connectivity index (χ3n) is 5.68. The van der Waals surface area contributed by atoms with Gasteiger partial charge in [-0.3, -0.25) is 14.8 Å². The Morgan fingerprint density at radius 1 is 1.29 bits per heavy atom. The van der Waals surface area contributed by atoms with Gasteiger partial charge in [0.05, 0.1) is 30.6 Å². The van der Waals surface area contributed by atoms with Crippen molar-refractivity contribution in [1.82, 2.24) is 14.9 Å². The molecule has 6 nitrogen and oxygen atoms in total. The van der Waals surface area contributed by atoms with Crippen LogP contribution in [0, 0.1) is 25.7 Å². The molecule has 4 rings (SSSR count). The highest BCUT2D eigenvalue weighted by Crippen LogP contribution is 2.36. The minimum absolute atomic E-state index is 0.0507. The van der Waals surface area contributed by atoms with Crippen LogP contribution in [-0.2, 0) is 16.1 Å². The molecule has 2 aliphatic heterocycles. The maximum Gasteiger partial charge on any atom is 0.255 e. The summed E-state index contributed by atoms with van der Waals surface area (Å²) in [5.41, 5.74) is 3.63. The van der Waals surface area contributed by atoms with Crippen LogP contribution in [0.2, 0.25) is 0 Å². The van der Waals surface area contributed by atoms with Crippen molar-refractivity contribution in [3.8, 4) is 0 Å². The topological polar surface area (TPSA) is 64.6 Å². The average Bonchev–Trinajstić information content (AvgIpc) is 3.26. The van der Waals surface area contributed by atoms with Gasteiger partial charge < -0.3 is 14.4 Å². The van der Waals surface area contributed by atoms with Crippen LogP contribution in [0.3, 0.4) is 0 Å². The number of aryl methyl sites for hydroxylation is 2. The third-order valence-corrected chi connectivity index (χ3v) is 5.68. The van der Waals surface area contributed by atoms with E-state index in [9.17, 15) is 4.79 Å². The van der Waals surface area contributed by atoms with Gasteiger partial charge in [0.25, 0.3) is 5.91 Å². The summed E-state index contributed by atoms with van der Waals surface area (Å²) in [6, 6.07) is 7.88. The van der Waals surface area contributed by atoms with Crippen LogP contribution in [0.15, 0.2) is 36.7 Å². The Morgan fingerprint density at radius 2 is 2.18 bits per heavy atom. The second-order valence-electron chi connectivity index (χ2n) is 7.87. The maximum atomic E-state index is 12.8. The van der Waals surface area contributed by atoms with Crippen molar-refractivity contribution in [3.05, 3.63) is 59.2 Å². The molecule has 6 heteroatoms. The summed E-state index contributed by atoms with van der Waals surface area (Å²) < 4.78 is 11.8. The zero-order valence-corrected chi connectivity index (χ0v) is 16.5. The lowest BCUT2D eigenvalue weighted by Crippen LogP contribution is -2.31. The van der Waals surface area contributed by atoms with E-state index in [1.807, 2.05) is 43.0 Å². The van der Waals surface area contributed by atoms with Gasteiger partial charge in [0.15, 0.2) is 0 Å². The minimum Gasteiger partial charge on any atom is -0.376 e. The van der Waals surface area contributed by atoms with Gasteiger partial charge >= 0.3 is 0 Å². The normalized spacial score (nSPS) is 23.8. The van der Waals surface area contributed by atoms with Crippen molar-refractivity contribution in [3.63, 3.8) is 0 Å². The van der Waals surface area contributed by atoms with Crippen molar-refractivity contribution in [1.29, 1.82) is 0 Å². The number of nitrogens with zero attached hydrogens (tertiary/aromatic N) is 3. The van der Waals surface area contributed by atoms with Gasteiger partial charge in [0.1, 0.15) is 0 Å². The quantitative estimate of drug-likeness (QED) is 0.720. The molecule has 4 heterocycles. The number of carbonyl (C=O) groups is 1. The lowest BCUT2D eigenvalue weighted by Gasteiger charge is -2.20. The summed E-state index contributed by atoms with van der Waals surface area (Å²) in [6.45, 7) is 7.34. The van der Waals surface area contributed by atoms with Crippen molar-refractivity contribution in [2.45, 2.75) is 33.0 Å². The van der Waals surface area contributed by atoms with Crippen LogP contribution < -0.4 is 0 Å². The van der Waals surface area contributed by atoms with Crippen LogP contribution in [0.25, 0.3) is 0 Å². The fourth-order valence-electron chi connectivity index (χ4n) is 4.21. The first-order valence-electron chi connectivity index (χ1n) is 9.93. The standard InChI is InChI=1S/C22H27N3O3/c1-15-8-18(10-23-9-15)22(26)25-11-20-17(13-28-21(20)12-25)6-7-27-14-19-5-3-4-16(2)24-19/h3-5,8-10,17,20-21H,6-7,11-14H2,1-2H3/t17-,20-,21-/m0/s1. The number of ether oxygens (including phenoxy) is 2. The van der Waals surface area contributed by atoms with Crippen molar-refractivity contribution >= 4 is 5.91 Å². The van der Waals surface area contributed by atoms with E-state index in [0.29, 0.717) is 37.2 Å². The number of likely N-dealkylation sites (tertiary alicyclic amines) is 1. The molecule has 2 aromatic rings. The Labute approximate surface area is 165 Å². The molecule has 0 saturated carbocycles. The van der Waals surface area contributed by atoms with E-state index in [2.05, 4.69) is 9.97 Å². The van der Waals surface area contributed by atoms with E-state index in [0.717, 1.165) is 36.5 Å². The summed E-state index contributed by atoms with van der Waals surface area (Å²) in [5.74, 6) is 0.876. The van der Waals surface area contributed by atoms with Gasteiger partial charge in [-0.1, -0.05) is 6.07 Å². The molecule has 28 heavy (non-hydrogen) atoms. The van der Waals surface area contributed by atoms with E-state index < -0.39 is 0 Å². The molecule has 0 unspecified atom stereocenters. The minimum atomic E-state index is 0.0507. The van der Waals surface area contributed by atoms with Crippen molar-refractivity contribution in [2.24, 2.45) is 11.8 Å². The molecule has 3 atom stereocenters. The average molecular weight is 381 g/mol. The maximum absolute atomic E-state index is 12.8. The number of rotatable bonds is 6. The van der Waals surface area contributed by atoms with Gasteiger partial charge in [0, 0.05) is 43.7 Å². The van der Waals surface area contributed by atoms with Gasteiger partial charge in [-0.2, -0.15) is 0 Å². The summed E-state index contributed by atoms with van der Waals surface area (Å²) >= 11 is 0. The fraction of sp³-hybridized carbons (Fsp3) is 0.500. The number of aromatic nitrogens is 2. The molecule has 0 bridgehead atoms. The largest absolute Gasteiger partial charge is 0.376 e. The first-order chi connectivity index (χ1) is 13.6. The summed E-state index contributed by atoms with van der Waals surface area (Å²) in [7, 11) is 0. The second kappa shape index (κ2) is 8.37. The van der Waals surface area contributed by atoms with Gasteiger partial charge in [-0.05, 0) is 49.9 Å². The number of pyridine rings is 2. The molecule has 2 aromatic heterocycles. The number of amides is 1. The molecule has 2 fully saturated rings. The van der Waals surface area contributed by atoms with Crippen LogP contribution >= 0.6 is 0 Å². The second-order valence-corrected chi connectivity index (χ2v) is 7.87. The fourth-order valence-corrected chi connectivity index (χ4v) is 4.21. The van der Waals surface area contributed by atoms with Gasteiger partial charge in [0.2, 0.25) is 0 Å². The first-order valence-corrected chi connectivity index (χ1v) is 9.93. The monoisotopic (exact) mass is 381 g/mol. The van der Waals surface area contributed by atoms with E-state index in [1.165, 1.54) is 0 Å². The lowest BCUT2D eigenvalue weighted by molar-refractivity contribution is 0.0646. The first kappa shape index (κ1) is 19.0. The highest BCUT2D eigenvalue weighted by Gasteiger charge is 2.45. The predicted octanol–water partition coefficient (Wildman–Crippen LogP) is 2.79. The van der Waals surface area contributed by atoms with Gasteiger partial charge in [-0.15, -0.1) is 0 Å². The number of fused-ring (bicyclic) bond motifs is 1. The van der Waals surface area contributed by atoms with Crippen molar-refractivity contribution in [2.75, 3.05) is 26.3 Å². The lowest BCUT2D eigenvalue weighted by atomic mass is 9.91. The van der Waals surface area contributed by atoms with Crippen LogP contribution in [0.5, 0.6) is 0 Å². The summed E-state index contributed by atoms with van der Waals surface area (Å²) in [4.78, 5) is 23.3. The van der Waals surface area contributed by atoms with Crippen LogP contribution in [0.1, 0.15) is 33.7 Å². The summed E-state index contributed by atoms with van der Waals surface area (Å²) in [6.07, 6.45) is 4.50. The molecule has 148 valence electrons. The van der Waals surface area contributed by atoms with Crippen LogP contribution in [0.4, 0.5) is 0 Å². The molecule has 0 spiro atoms. The van der Waals surface area contributed by atoms with Gasteiger partial charge in [-0.25, -0.2) is 0 Å². The Bertz CT molecular complexity index is 841. The van der Waals surface area contributed by atoms with Crippen molar-refractivity contribution < 1.29 is 14.3 Å². The number of hydrogen-bond acceptors (Lipinski definition) is 5. The van der Waals surface area contributed by atoms with E-state index >= 15 is 0 Å². The molecule has 2 saturated heterocycles. The molecule has 0 aliphatic carbocycles. The zero-order valence-electron chi connectivity index (χ0n) is 16.5. The van der Waals surface area contributed by atoms with Crippen LogP contribution in [-0.4, -0.2) is 53.2 Å². The Hall–Kier alpha value is -2.31. The van der Waals surface area contributed by atoms with E-state index in [-0.39, 0.29) is 12.0 Å². The summed E-state index contributed by atoms with van der Waals surface area (Å²) in [5, 5.41) is 0. The zero-order chi connectivity index (χ0) is 19.5. The predicted molar refractivity (Wildman–Crippen MR) is 105 cm³/mol. The van der Waals surface area contributed by atoms with E-state index in [4.69, 9.17) is 9.47 Å². The molecule has 0 N–H and O–H groups in total. The number of hydrogen-bond donors (Lipinski definition) is 0. The highest BCUT2D eigenvalue weighted by molar-refractivity contribution is 5.94. The Balaban J connectivity index is 1.27. The Morgan fingerprint density at radius 3 is 3.00 bits per heavy atom. The molecular weight excluding hydrogens is 354 g/mol. The smallest absolute Gasteiger partial charge is 0.255 e.